The molecule has 2 aromatic rings. The number of amides is 2. The maximum Gasteiger partial charge on any atom is 0.335 e. The Morgan fingerprint density at radius 3 is 2.09 bits per heavy atom. The normalized spacial score (nSPS) is 23.1. The molecule has 0 bridgehead atoms. The number of nitrogens with zero attached hydrogens (tertiary/aromatic N) is 2. The predicted molar refractivity (Wildman–Crippen MR) is 166 cm³/mol. The van der Waals surface area contributed by atoms with E-state index in [-0.39, 0.29) is 22.3 Å². The number of rotatable bonds is 6. The van der Waals surface area contributed by atoms with E-state index < -0.39 is 32.9 Å². The van der Waals surface area contributed by atoms with Gasteiger partial charge in [0.2, 0.25) is 11.8 Å². The number of hydrogen-bond acceptors (Lipinski definition) is 5. The second kappa shape index (κ2) is 11.1. The molecule has 0 spiro atoms. The van der Waals surface area contributed by atoms with E-state index in [0.29, 0.717) is 39.0 Å². The van der Waals surface area contributed by atoms with E-state index in [0.717, 1.165) is 29.4 Å². The second-order valence-electron chi connectivity index (χ2n) is 13.1. The van der Waals surface area contributed by atoms with Gasteiger partial charge < -0.3 is 14.9 Å². The number of carbonyl (C=O) groups is 3. The fraction of sp³-hybridized carbons (Fsp3) is 0.441. The van der Waals surface area contributed by atoms with Crippen LogP contribution in [0.15, 0.2) is 72.3 Å². The van der Waals surface area contributed by atoms with E-state index in [4.69, 9.17) is 0 Å². The Balaban J connectivity index is 1.40. The van der Waals surface area contributed by atoms with Gasteiger partial charge in [0.25, 0.3) is 0 Å². The molecule has 0 radical (unpaired) electrons. The largest absolute Gasteiger partial charge is 0.478 e. The molecule has 0 unspecified atom stereocenters. The number of aromatic carboxylic acids is 1. The van der Waals surface area contributed by atoms with Gasteiger partial charge in [-0.1, -0.05) is 81.0 Å². The minimum atomic E-state index is -3.44. The van der Waals surface area contributed by atoms with Crippen LogP contribution in [0.4, 0.5) is 0 Å². The first kappa shape index (κ1) is 30.7. The highest BCUT2D eigenvalue weighted by atomic mass is 32.2. The molecule has 5 rings (SSSR count). The van der Waals surface area contributed by atoms with Gasteiger partial charge in [-0.05, 0) is 48.1 Å². The molecule has 2 amide bonds. The third kappa shape index (κ3) is 5.79. The summed E-state index contributed by atoms with van der Waals surface area (Å²) in [6.07, 6.45) is 7.09. The lowest BCUT2D eigenvalue weighted by Gasteiger charge is -2.52. The Hall–Kier alpha value is -3.72. The number of carboxylic acid groups (broad SMARTS) is 1. The van der Waals surface area contributed by atoms with Crippen LogP contribution in [0.25, 0.3) is 5.57 Å². The van der Waals surface area contributed by atoms with Gasteiger partial charge in [0.1, 0.15) is 5.75 Å². The molecule has 1 fully saturated rings. The van der Waals surface area contributed by atoms with Gasteiger partial charge >= 0.3 is 5.97 Å². The summed E-state index contributed by atoms with van der Waals surface area (Å²) >= 11 is 0. The Morgan fingerprint density at radius 1 is 0.884 bits per heavy atom. The van der Waals surface area contributed by atoms with E-state index in [9.17, 15) is 27.9 Å². The van der Waals surface area contributed by atoms with Crippen LogP contribution in [0, 0.1) is 10.8 Å². The Labute approximate surface area is 254 Å². The highest BCUT2D eigenvalue weighted by Crippen LogP contribution is 2.55. The lowest BCUT2D eigenvalue weighted by atomic mass is 9.58. The molecule has 2 heterocycles. The van der Waals surface area contributed by atoms with Crippen LogP contribution in [-0.4, -0.2) is 79.3 Å². The van der Waals surface area contributed by atoms with E-state index in [1.165, 1.54) is 5.57 Å². The average molecular weight is 605 g/mol. The third-order valence-corrected chi connectivity index (χ3v) is 10.4. The Morgan fingerprint density at radius 2 is 1.51 bits per heavy atom. The first-order valence-corrected chi connectivity index (χ1v) is 16.8. The highest BCUT2D eigenvalue weighted by molar-refractivity contribution is 7.91. The first-order chi connectivity index (χ1) is 20.2. The number of piperidine rings is 1. The monoisotopic (exact) mass is 604 g/mol. The fourth-order valence-electron chi connectivity index (χ4n) is 7.50. The van der Waals surface area contributed by atoms with Crippen LogP contribution >= 0.6 is 0 Å². The molecule has 8 nitrogen and oxygen atoms in total. The van der Waals surface area contributed by atoms with Crippen molar-refractivity contribution in [2.45, 2.75) is 45.4 Å². The minimum absolute atomic E-state index is 0.0438. The van der Waals surface area contributed by atoms with Crippen molar-refractivity contribution in [1.82, 2.24) is 9.80 Å². The minimum Gasteiger partial charge on any atom is -0.478 e. The van der Waals surface area contributed by atoms with Crippen molar-refractivity contribution in [3.63, 3.8) is 0 Å². The van der Waals surface area contributed by atoms with Gasteiger partial charge in [-0.3, -0.25) is 9.59 Å². The zero-order chi connectivity index (χ0) is 31.2. The number of likely N-dealkylation sites (tertiary alicyclic amines) is 1. The van der Waals surface area contributed by atoms with Gasteiger partial charge in [0, 0.05) is 43.3 Å². The van der Waals surface area contributed by atoms with E-state index >= 15 is 0 Å². The van der Waals surface area contributed by atoms with Crippen molar-refractivity contribution in [1.29, 1.82) is 0 Å². The predicted octanol–water partition coefficient (Wildman–Crippen LogP) is 4.58. The summed E-state index contributed by atoms with van der Waals surface area (Å²) in [4.78, 5) is 42.1. The van der Waals surface area contributed by atoms with Crippen LogP contribution in [-0.2, 0) is 24.8 Å². The second-order valence-corrected chi connectivity index (χ2v) is 15.2. The summed E-state index contributed by atoms with van der Waals surface area (Å²) in [6.45, 7) is 8.28. The van der Waals surface area contributed by atoms with Gasteiger partial charge in [-0.2, -0.15) is 0 Å². The van der Waals surface area contributed by atoms with Crippen LogP contribution in [0.2, 0.25) is 0 Å². The van der Waals surface area contributed by atoms with Crippen LogP contribution in [0.5, 0.6) is 0 Å². The number of allylic oxidation sites excluding steroid dienone is 2. The lowest BCUT2D eigenvalue weighted by Crippen LogP contribution is -2.57. The number of carbonyl (C=O) groups excluding carboxylic acids is 2. The van der Waals surface area contributed by atoms with Crippen molar-refractivity contribution in [2.24, 2.45) is 10.8 Å². The number of sulfone groups is 1. The summed E-state index contributed by atoms with van der Waals surface area (Å²) in [5.74, 6) is -1.84. The molecule has 9 heteroatoms. The van der Waals surface area contributed by atoms with Crippen LogP contribution < -0.4 is 0 Å². The van der Waals surface area contributed by atoms with Gasteiger partial charge in [0.15, 0.2) is 9.84 Å². The molecular formula is C34H40N2O6S. The maximum absolute atomic E-state index is 14.6. The van der Waals surface area contributed by atoms with Crippen molar-refractivity contribution in [2.75, 3.05) is 38.2 Å². The Bertz CT molecular complexity index is 1600. The summed E-state index contributed by atoms with van der Waals surface area (Å²) in [5.41, 5.74) is 3.22. The molecule has 1 N–H and O–H groups in total. The molecule has 1 atom stereocenters. The van der Waals surface area contributed by atoms with E-state index in [1.807, 2.05) is 47.4 Å². The maximum atomic E-state index is 14.6. The first-order valence-electron chi connectivity index (χ1n) is 14.7. The summed E-state index contributed by atoms with van der Waals surface area (Å²) in [5, 5.41) is 9.31. The topological polar surface area (TPSA) is 112 Å². The Kier molecular flexibility index (Phi) is 7.92. The molecular weight excluding hydrogens is 564 g/mol. The molecule has 0 aromatic heterocycles. The number of benzene rings is 2. The number of hydrogen-bond donors (Lipinski definition) is 1. The van der Waals surface area contributed by atoms with Crippen molar-refractivity contribution in [3.8, 4) is 0 Å². The van der Waals surface area contributed by atoms with Crippen molar-refractivity contribution >= 4 is 33.2 Å². The van der Waals surface area contributed by atoms with Crippen molar-refractivity contribution in [3.05, 3.63) is 89.0 Å². The molecule has 228 valence electrons. The molecule has 0 saturated carbocycles. The van der Waals surface area contributed by atoms with Crippen LogP contribution in [0.1, 0.15) is 61.5 Å². The summed E-state index contributed by atoms with van der Waals surface area (Å²) in [6, 6.07) is 16.8. The number of carboxylic acids is 1. The zero-order valence-electron chi connectivity index (χ0n) is 25.3. The number of fused-ring (bicyclic) bond motifs is 1. The SMILES string of the molecule is CC1(C)C(c2ccc(C(=O)O)cc2)=CC[C@]2(C)CN(C(=O)C3(c4ccccc4)CCN(C(=O)CS(C)(=O)=O)CC3)CC=C12. The molecule has 2 aliphatic heterocycles. The van der Waals surface area contributed by atoms with Gasteiger partial charge in [0.05, 0.1) is 11.0 Å². The summed E-state index contributed by atoms with van der Waals surface area (Å²) < 4.78 is 23.5. The van der Waals surface area contributed by atoms with E-state index in [2.05, 4.69) is 32.9 Å². The molecule has 1 aliphatic carbocycles. The zero-order valence-corrected chi connectivity index (χ0v) is 26.1. The lowest BCUT2D eigenvalue weighted by molar-refractivity contribution is -0.143. The van der Waals surface area contributed by atoms with E-state index in [1.54, 1.807) is 17.0 Å². The third-order valence-electron chi connectivity index (χ3n) is 9.63. The molecule has 43 heavy (non-hydrogen) atoms. The smallest absolute Gasteiger partial charge is 0.335 e. The van der Waals surface area contributed by atoms with Crippen molar-refractivity contribution < 1.29 is 27.9 Å². The van der Waals surface area contributed by atoms with Gasteiger partial charge in [-0.25, -0.2) is 13.2 Å². The van der Waals surface area contributed by atoms with Gasteiger partial charge in [-0.15, -0.1) is 0 Å². The quantitative estimate of drug-likeness (QED) is 0.484. The highest BCUT2D eigenvalue weighted by Gasteiger charge is 2.50. The molecule has 2 aromatic carbocycles. The molecule has 1 saturated heterocycles. The average Bonchev–Trinajstić information content (AvgIpc) is 2.96. The van der Waals surface area contributed by atoms with Crippen LogP contribution in [0.3, 0.4) is 0 Å². The summed E-state index contributed by atoms with van der Waals surface area (Å²) in [7, 11) is -3.44. The fourth-order valence-corrected chi connectivity index (χ4v) is 8.13. The standard InChI is InChI=1S/C34H40N2O6S/c1-32(2)27(24-10-12-25(13-11-24)30(38)39)14-16-33(3)23-36(19-15-28(32)33)31(40)34(26-8-6-5-7-9-26)17-20-35(21-18-34)29(37)22-43(4,41)42/h5-15H,16-23H2,1-4H3,(H,38,39)/t33-/m1/s1. The molecule has 3 aliphatic rings.